The van der Waals surface area contributed by atoms with Gasteiger partial charge < -0.3 is 5.73 Å². The fourth-order valence-electron chi connectivity index (χ4n) is 1.97. The van der Waals surface area contributed by atoms with Gasteiger partial charge in [-0.2, -0.15) is 0 Å². The third kappa shape index (κ3) is 3.83. The molecule has 0 bridgehead atoms. The minimum atomic E-state index is -3.52. The zero-order valence-corrected chi connectivity index (χ0v) is 13.1. The number of hydrogen-bond acceptors (Lipinski definition) is 3. The van der Waals surface area contributed by atoms with E-state index in [1.54, 1.807) is 19.1 Å². The van der Waals surface area contributed by atoms with Gasteiger partial charge in [0.1, 0.15) is 0 Å². The average molecular weight is 304 g/mol. The summed E-state index contributed by atoms with van der Waals surface area (Å²) in [5.41, 5.74) is 9.22. The van der Waals surface area contributed by atoms with Crippen molar-refractivity contribution in [1.29, 1.82) is 0 Å². The summed E-state index contributed by atoms with van der Waals surface area (Å²) in [4.78, 5) is 0.236. The summed E-state index contributed by atoms with van der Waals surface area (Å²) in [6, 6.07) is 12.6. The van der Waals surface area contributed by atoms with Crippen LogP contribution in [0.2, 0.25) is 0 Å². The van der Waals surface area contributed by atoms with Gasteiger partial charge in [-0.3, -0.25) is 0 Å². The lowest BCUT2D eigenvalue weighted by Crippen LogP contribution is -2.23. The van der Waals surface area contributed by atoms with Crippen molar-refractivity contribution in [1.82, 2.24) is 4.72 Å². The highest BCUT2D eigenvalue weighted by Gasteiger charge is 2.14. The third-order valence-corrected chi connectivity index (χ3v) is 4.85. The Morgan fingerprint density at radius 1 is 1.05 bits per heavy atom. The molecule has 0 fully saturated rings. The Kier molecular flexibility index (Phi) is 4.65. The molecular weight excluding hydrogens is 284 g/mol. The van der Waals surface area contributed by atoms with Gasteiger partial charge in [-0.25, -0.2) is 13.1 Å². The summed E-state index contributed by atoms with van der Waals surface area (Å²) in [7, 11) is -3.52. The summed E-state index contributed by atoms with van der Waals surface area (Å²) >= 11 is 0. The molecule has 0 aromatic heterocycles. The minimum Gasteiger partial charge on any atom is -0.399 e. The second-order valence-electron chi connectivity index (χ2n) is 5.01. The SMILES string of the molecule is CCc1ccc(CNS(=O)(=O)c2ccc(N)c(C)c2)cc1. The molecule has 0 amide bonds. The van der Waals surface area contributed by atoms with Crippen LogP contribution in [0.3, 0.4) is 0 Å². The maximum absolute atomic E-state index is 12.2. The van der Waals surface area contributed by atoms with E-state index >= 15 is 0 Å². The lowest BCUT2D eigenvalue weighted by Gasteiger charge is -2.09. The number of nitrogen functional groups attached to an aromatic ring is 1. The molecule has 0 saturated carbocycles. The van der Waals surface area contributed by atoms with E-state index in [2.05, 4.69) is 11.6 Å². The predicted molar refractivity (Wildman–Crippen MR) is 85.4 cm³/mol. The van der Waals surface area contributed by atoms with Crippen LogP contribution in [0.25, 0.3) is 0 Å². The summed E-state index contributed by atoms with van der Waals surface area (Å²) in [5.74, 6) is 0. The van der Waals surface area contributed by atoms with Crippen molar-refractivity contribution in [3.8, 4) is 0 Å². The predicted octanol–water partition coefficient (Wildman–Crippen LogP) is 2.62. The molecule has 0 aliphatic rings. The first-order valence-corrected chi connectivity index (χ1v) is 8.34. The number of benzene rings is 2. The van der Waals surface area contributed by atoms with Crippen molar-refractivity contribution in [2.45, 2.75) is 31.7 Å². The number of rotatable bonds is 5. The van der Waals surface area contributed by atoms with Gasteiger partial charge in [-0.15, -0.1) is 0 Å². The number of aryl methyl sites for hydroxylation is 2. The van der Waals surface area contributed by atoms with Crippen molar-refractivity contribution in [2.75, 3.05) is 5.73 Å². The van der Waals surface area contributed by atoms with Crippen LogP contribution in [0.5, 0.6) is 0 Å². The number of anilines is 1. The summed E-state index contributed by atoms with van der Waals surface area (Å²) in [5, 5.41) is 0. The monoisotopic (exact) mass is 304 g/mol. The zero-order chi connectivity index (χ0) is 15.5. The van der Waals surface area contributed by atoms with Crippen molar-refractivity contribution in [2.24, 2.45) is 0 Å². The molecule has 5 heteroatoms. The molecule has 0 radical (unpaired) electrons. The largest absolute Gasteiger partial charge is 0.399 e. The average Bonchev–Trinajstić information content (AvgIpc) is 2.48. The molecule has 0 saturated heterocycles. The molecule has 0 spiro atoms. The van der Waals surface area contributed by atoms with Gasteiger partial charge in [-0.05, 0) is 48.2 Å². The highest BCUT2D eigenvalue weighted by Crippen LogP contribution is 2.17. The second-order valence-corrected chi connectivity index (χ2v) is 6.78. The molecule has 0 atom stereocenters. The highest BCUT2D eigenvalue weighted by molar-refractivity contribution is 7.89. The standard InChI is InChI=1S/C16H20N2O2S/c1-3-13-4-6-14(7-5-13)11-18-21(19,20)15-8-9-16(17)12(2)10-15/h4-10,18H,3,11,17H2,1-2H3. The first-order chi connectivity index (χ1) is 9.92. The topological polar surface area (TPSA) is 72.2 Å². The molecule has 0 aliphatic heterocycles. The van der Waals surface area contributed by atoms with E-state index in [9.17, 15) is 8.42 Å². The third-order valence-electron chi connectivity index (χ3n) is 3.45. The van der Waals surface area contributed by atoms with Crippen LogP contribution in [0.4, 0.5) is 5.69 Å². The van der Waals surface area contributed by atoms with Crippen LogP contribution in [-0.2, 0) is 23.0 Å². The van der Waals surface area contributed by atoms with Crippen LogP contribution in [-0.4, -0.2) is 8.42 Å². The molecule has 4 nitrogen and oxygen atoms in total. The minimum absolute atomic E-state index is 0.236. The first-order valence-electron chi connectivity index (χ1n) is 6.86. The van der Waals surface area contributed by atoms with Crippen molar-refractivity contribution >= 4 is 15.7 Å². The molecule has 2 aromatic carbocycles. The van der Waals surface area contributed by atoms with Gasteiger partial charge in [0.25, 0.3) is 0 Å². The molecule has 2 aromatic rings. The van der Waals surface area contributed by atoms with Crippen LogP contribution in [0.1, 0.15) is 23.6 Å². The normalized spacial score (nSPS) is 11.5. The van der Waals surface area contributed by atoms with Gasteiger partial charge in [-0.1, -0.05) is 31.2 Å². The highest BCUT2D eigenvalue weighted by atomic mass is 32.2. The van der Waals surface area contributed by atoms with Gasteiger partial charge in [0.15, 0.2) is 0 Å². The Hall–Kier alpha value is -1.85. The second kappa shape index (κ2) is 6.28. The Bertz CT molecular complexity index is 722. The lowest BCUT2D eigenvalue weighted by atomic mass is 10.1. The first kappa shape index (κ1) is 15.5. The summed E-state index contributed by atoms with van der Waals surface area (Å²) in [6.07, 6.45) is 0.969. The maximum Gasteiger partial charge on any atom is 0.240 e. The van der Waals surface area contributed by atoms with Crippen molar-refractivity contribution in [3.05, 3.63) is 59.2 Å². The fourth-order valence-corrected chi connectivity index (χ4v) is 3.07. The van der Waals surface area contributed by atoms with Crippen LogP contribution in [0, 0.1) is 6.92 Å². The van der Waals surface area contributed by atoms with Crippen LogP contribution >= 0.6 is 0 Å². The summed E-state index contributed by atoms with van der Waals surface area (Å²) in [6.45, 7) is 4.15. The molecule has 3 N–H and O–H groups in total. The van der Waals surface area contributed by atoms with E-state index in [4.69, 9.17) is 5.73 Å². The Morgan fingerprint density at radius 2 is 1.67 bits per heavy atom. The van der Waals surface area contributed by atoms with Crippen LogP contribution in [0.15, 0.2) is 47.4 Å². The van der Waals surface area contributed by atoms with E-state index < -0.39 is 10.0 Å². The van der Waals surface area contributed by atoms with E-state index in [0.717, 1.165) is 17.5 Å². The number of hydrogen-bond donors (Lipinski definition) is 2. The fraction of sp³-hybridized carbons (Fsp3) is 0.250. The Morgan fingerprint density at radius 3 is 2.24 bits per heavy atom. The van der Waals surface area contributed by atoms with Crippen molar-refractivity contribution < 1.29 is 8.42 Å². The summed E-state index contributed by atoms with van der Waals surface area (Å²) < 4.78 is 27.1. The van der Waals surface area contributed by atoms with E-state index in [-0.39, 0.29) is 11.4 Å². The number of sulfonamides is 1. The smallest absolute Gasteiger partial charge is 0.240 e. The van der Waals surface area contributed by atoms with Gasteiger partial charge >= 0.3 is 0 Å². The number of nitrogens with one attached hydrogen (secondary N) is 1. The molecule has 2 rings (SSSR count). The van der Waals surface area contributed by atoms with E-state index in [0.29, 0.717) is 5.69 Å². The maximum atomic E-state index is 12.2. The van der Waals surface area contributed by atoms with Crippen molar-refractivity contribution in [3.63, 3.8) is 0 Å². The Labute approximate surface area is 126 Å². The van der Waals surface area contributed by atoms with E-state index in [1.807, 2.05) is 24.3 Å². The van der Waals surface area contributed by atoms with Crippen LogP contribution < -0.4 is 10.5 Å². The number of nitrogens with two attached hydrogens (primary N) is 1. The van der Waals surface area contributed by atoms with Gasteiger partial charge in [0.2, 0.25) is 10.0 Å². The molecule has 0 heterocycles. The molecule has 0 unspecified atom stereocenters. The van der Waals surface area contributed by atoms with Gasteiger partial charge in [0, 0.05) is 12.2 Å². The molecule has 21 heavy (non-hydrogen) atoms. The Balaban J connectivity index is 2.11. The lowest BCUT2D eigenvalue weighted by molar-refractivity contribution is 0.581. The molecular formula is C16H20N2O2S. The van der Waals surface area contributed by atoms with E-state index in [1.165, 1.54) is 11.6 Å². The molecule has 112 valence electrons. The van der Waals surface area contributed by atoms with Gasteiger partial charge in [0.05, 0.1) is 4.90 Å². The molecule has 0 aliphatic carbocycles. The quantitative estimate of drug-likeness (QED) is 0.834. The zero-order valence-electron chi connectivity index (χ0n) is 12.3.